The summed E-state index contributed by atoms with van der Waals surface area (Å²) >= 11 is 0. The van der Waals surface area contributed by atoms with E-state index in [0.29, 0.717) is 0 Å². The van der Waals surface area contributed by atoms with E-state index in [4.69, 9.17) is 0 Å². The van der Waals surface area contributed by atoms with E-state index in [2.05, 4.69) is 9.97 Å². The zero-order valence-electron chi connectivity index (χ0n) is 7.29. The minimum atomic E-state index is -0.225. The monoisotopic (exact) mass is 185 g/mol. The average molecular weight is 185 g/mol. The van der Waals surface area contributed by atoms with Crippen LogP contribution in [0.4, 0.5) is 4.39 Å². The molecule has 0 saturated heterocycles. The Bertz CT molecular complexity index is 613. The average Bonchev–Trinajstić information content (AvgIpc) is 2.54. The highest BCUT2D eigenvalue weighted by molar-refractivity contribution is 6.06. The Morgan fingerprint density at radius 2 is 2.00 bits per heavy atom. The number of benzene rings is 1. The second kappa shape index (κ2) is 2.54. The summed E-state index contributed by atoms with van der Waals surface area (Å²) in [7, 11) is 0. The summed E-state index contributed by atoms with van der Waals surface area (Å²) in [6.45, 7) is 0. The van der Waals surface area contributed by atoms with Crippen molar-refractivity contribution in [3.05, 3.63) is 42.5 Å². The van der Waals surface area contributed by atoms with E-state index in [1.165, 1.54) is 12.1 Å². The molecule has 3 heteroatoms. The van der Waals surface area contributed by atoms with Crippen LogP contribution in [0.25, 0.3) is 21.8 Å². The molecule has 0 spiro atoms. The molecule has 2 heterocycles. The predicted molar refractivity (Wildman–Crippen MR) is 53.6 cm³/mol. The molecule has 2 nitrogen and oxygen atoms in total. The van der Waals surface area contributed by atoms with E-state index in [9.17, 15) is 4.39 Å². The Balaban J connectivity index is 2.57. The van der Waals surface area contributed by atoms with Crippen molar-refractivity contribution in [2.24, 2.45) is 0 Å². The van der Waals surface area contributed by atoms with Crippen molar-refractivity contribution in [3.63, 3.8) is 0 Å². The summed E-state index contributed by atoms with van der Waals surface area (Å²) < 4.78 is 12.9. The number of rotatable bonds is 0. The van der Waals surface area contributed by atoms with Crippen molar-refractivity contribution in [2.75, 3.05) is 0 Å². The third kappa shape index (κ3) is 0.923. The Hall–Kier alpha value is -1.90. The second-order valence-electron chi connectivity index (χ2n) is 3.24. The van der Waals surface area contributed by atoms with Gasteiger partial charge in [-0.05, 0) is 24.3 Å². The molecule has 0 radical (unpaired) electrons. The molecule has 0 atom stereocenters. The summed E-state index contributed by atoms with van der Waals surface area (Å²) in [5, 5.41) is 2.04. The first-order valence-corrected chi connectivity index (χ1v) is 4.35. The van der Waals surface area contributed by atoms with Crippen LogP contribution < -0.4 is 0 Å². The molecule has 0 unspecified atom stereocenters. The van der Waals surface area contributed by atoms with E-state index < -0.39 is 0 Å². The van der Waals surface area contributed by atoms with Gasteiger partial charge in [-0.15, -0.1) is 0 Å². The molecule has 0 fully saturated rings. The minimum absolute atomic E-state index is 0.225. The number of fused-ring (bicyclic) bond motifs is 3. The number of hydrogen-bond acceptors (Lipinski definition) is 1. The van der Waals surface area contributed by atoms with Crippen LogP contribution in [0, 0.1) is 5.82 Å². The van der Waals surface area contributed by atoms with Gasteiger partial charge in [-0.25, -0.2) is 4.39 Å². The van der Waals surface area contributed by atoms with E-state index in [1.54, 1.807) is 18.5 Å². The lowest BCUT2D eigenvalue weighted by Gasteiger charge is -1.89. The molecule has 14 heavy (non-hydrogen) atoms. The van der Waals surface area contributed by atoms with Crippen LogP contribution in [0.2, 0.25) is 0 Å². The molecule has 0 amide bonds. The Labute approximate surface area is 79.4 Å². The van der Waals surface area contributed by atoms with Gasteiger partial charge in [0.25, 0.3) is 0 Å². The number of halogens is 1. The van der Waals surface area contributed by atoms with E-state index in [0.717, 1.165) is 21.8 Å². The molecule has 0 bridgehead atoms. The third-order valence-electron chi connectivity index (χ3n) is 2.36. The number of hydrogen-bond donors (Lipinski definition) is 1. The third-order valence-corrected chi connectivity index (χ3v) is 2.36. The zero-order valence-corrected chi connectivity index (χ0v) is 7.29. The van der Waals surface area contributed by atoms with Crippen LogP contribution in [0.1, 0.15) is 0 Å². The molecule has 68 valence electrons. The molecule has 3 rings (SSSR count). The molecule has 0 saturated carbocycles. The first-order chi connectivity index (χ1) is 6.84. The van der Waals surface area contributed by atoms with Crippen LogP contribution in [0.3, 0.4) is 0 Å². The highest BCUT2D eigenvalue weighted by atomic mass is 18.2. The van der Waals surface area contributed by atoms with Crippen LogP contribution in [0.15, 0.2) is 36.7 Å². The normalized spacial score (nSPS) is 11.2. The Kier molecular flexibility index (Phi) is 1.36. The lowest BCUT2D eigenvalue weighted by atomic mass is 10.2. The molecule has 1 N–H and O–H groups in total. The van der Waals surface area contributed by atoms with Crippen molar-refractivity contribution in [2.45, 2.75) is 0 Å². The standard InChI is InChI=1S/C11H7FN2/c12-7-1-2-8-9-6-13-4-3-10(9)14-11(8)5-7/h1-6,14H/i12-1. The number of aromatic nitrogens is 2. The highest BCUT2D eigenvalue weighted by Crippen LogP contribution is 2.24. The molecule has 2 aromatic heterocycles. The maximum atomic E-state index is 12.9. The largest absolute Gasteiger partial charge is 0.354 e. The smallest absolute Gasteiger partial charge is 0.125 e. The Morgan fingerprint density at radius 3 is 2.93 bits per heavy atom. The highest BCUT2D eigenvalue weighted by Gasteiger charge is 2.03. The maximum Gasteiger partial charge on any atom is 0.125 e. The molecular weight excluding hydrogens is 178 g/mol. The fourth-order valence-electron chi connectivity index (χ4n) is 1.72. The maximum absolute atomic E-state index is 12.9. The van der Waals surface area contributed by atoms with Gasteiger partial charge in [-0.1, -0.05) is 0 Å². The summed E-state index contributed by atoms with van der Waals surface area (Å²) in [5.74, 6) is -0.225. The summed E-state index contributed by atoms with van der Waals surface area (Å²) in [4.78, 5) is 7.18. The lowest BCUT2D eigenvalue weighted by Crippen LogP contribution is -1.72. The van der Waals surface area contributed by atoms with E-state index in [-0.39, 0.29) is 5.82 Å². The van der Waals surface area contributed by atoms with Gasteiger partial charge in [-0.3, -0.25) is 4.98 Å². The van der Waals surface area contributed by atoms with E-state index in [1.807, 2.05) is 6.07 Å². The van der Waals surface area contributed by atoms with Crippen LogP contribution in [-0.2, 0) is 0 Å². The van der Waals surface area contributed by atoms with Crippen molar-refractivity contribution in [1.29, 1.82) is 0 Å². The zero-order chi connectivity index (χ0) is 9.54. The molecule has 0 aliphatic rings. The van der Waals surface area contributed by atoms with Gasteiger partial charge in [0.15, 0.2) is 0 Å². The quantitative estimate of drug-likeness (QED) is 0.573. The van der Waals surface area contributed by atoms with Crippen LogP contribution in [-0.4, -0.2) is 9.97 Å². The van der Waals surface area contributed by atoms with Gasteiger partial charge >= 0.3 is 0 Å². The van der Waals surface area contributed by atoms with Gasteiger partial charge in [-0.2, -0.15) is 0 Å². The number of aromatic amines is 1. The van der Waals surface area contributed by atoms with Gasteiger partial charge < -0.3 is 4.98 Å². The molecule has 0 aliphatic carbocycles. The second-order valence-corrected chi connectivity index (χ2v) is 3.24. The predicted octanol–water partition coefficient (Wildman–Crippen LogP) is 2.86. The van der Waals surface area contributed by atoms with E-state index >= 15 is 0 Å². The van der Waals surface area contributed by atoms with Gasteiger partial charge in [0.05, 0.1) is 0 Å². The van der Waals surface area contributed by atoms with Gasteiger partial charge in [0.2, 0.25) is 0 Å². The molecule has 0 aliphatic heterocycles. The van der Waals surface area contributed by atoms with Crippen molar-refractivity contribution in [1.82, 2.24) is 9.97 Å². The minimum Gasteiger partial charge on any atom is -0.354 e. The first-order valence-electron chi connectivity index (χ1n) is 4.35. The molecular formula is C11H7FN2. The van der Waals surface area contributed by atoms with Crippen molar-refractivity contribution >= 4 is 21.8 Å². The Morgan fingerprint density at radius 1 is 1.07 bits per heavy atom. The summed E-state index contributed by atoms with van der Waals surface area (Å²) in [6.07, 6.45) is 3.50. The van der Waals surface area contributed by atoms with Crippen molar-refractivity contribution in [3.8, 4) is 0 Å². The number of H-pyrrole nitrogens is 1. The summed E-state index contributed by atoms with van der Waals surface area (Å²) in [6, 6.07) is 6.61. The lowest BCUT2D eigenvalue weighted by molar-refractivity contribution is 0.629. The molecule has 1 aromatic carbocycles. The number of nitrogens with one attached hydrogen (secondary N) is 1. The number of pyridine rings is 1. The topological polar surface area (TPSA) is 28.7 Å². The fraction of sp³-hybridized carbons (Fsp3) is 0. The number of nitrogens with zero attached hydrogens (tertiary/aromatic N) is 1. The fourth-order valence-corrected chi connectivity index (χ4v) is 1.72. The first kappa shape index (κ1) is 7.50. The van der Waals surface area contributed by atoms with Gasteiger partial charge in [0, 0.05) is 34.2 Å². The van der Waals surface area contributed by atoms with Crippen molar-refractivity contribution < 1.29 is 4.39 Å². The van der Waals surface area contributed by atoms with Crippen LogP contribution >= 0.6 is 0 Å². The molecule has 3 aromatic rings. The SMILES string of the molecule is [18F]c1ccc2c(c1)[nH]c1ccncc12. The summed E-state index contributed by atoms with van der Waals surface area (Å²) in [5.41, 5.74) is 1.80. The van der Waals surface area contributed by atoms with Crippen LogP contribution in [0.5, 0.6) is 0 Å². The van der Waals surface area contributed by atoms with Gasteiger partial charge in [0.1, 0.15) is 5.82 Å².